The van der Waals surface area contributed by atoms with E-state index in [-0.39, 0.29) is 23.6 Å². The quantitative estimate of drug-likeness (QED) is 0.417. The second-order valence-electron chi connectivity index (χ2n) is 7.36. The van der Waals surface area contributed by atoms with Crippen LogP contribution in [0.3, 0.4) is 0 Å². The Bertz CT molecular complexity index is 1260. The molecule has 2 amide bonds. The molecular formula is C24H23N5O2S. The maximum absolute atomic E-state index is 12.4. The maximum atomic E-state index is 12.4. The van der Waals surface area contributed by atoms with Gasteiger partial charge < -0.3 is 15.2 Å². The zero-order chi connectivity index (χ0) is 22.5. The van der Waals surface area contributed by atoms with Crippen LogP contribution in [0.5, 0.6) is 0 Å². The number of benzene rings is 3. The molecule has 7 nitrogen and oxygen atoms in total. The number of aromatic nitrogens is 3. The number of carbonyl (C=O) groups is 2. The SMILES string of the molecule is C[C@H](NC(=O)c1ccccc1)c1nnc(SCC(=O)Nc2ccc3ccccc3c2)n1C. The van der Waals surface area contributed by atoms with Gasteiger partial charge in [-0.05, 0) is 42.0 Å². The van der Waals surface area contributed by atoms with Crippen LogP contribution in [-0.4, -0.2) is 32.3 Å². The molecule has 0 saturated carbocycles. The summed E-state index contributed by atoms with van der Waals surface area (Å²) in [5, 5.41) is 17.0. The number of hydrogen-bond acceptors (Lipinski definition) is 5. The fraction of sp³-hybridized carbons (Fsp3) is 0.167. The number of thioether (sulfide) groups is 1. The van der Waals surface area contributed by atoms with Gasteiger partial charge in [-0.15, -0.1) is 10.2 Å². The molecule has 4 rings (SSSR count). The van der Waals surface area contributed by atoms with Crippen LogP contribution < -0.4 is 10.6 Å². The monoisotopic (exact) mass is 445 g/mol. The van der Waals surface area contributed by atoms with E-state index in [1.807, 2.05) is 74.6 Å². The fourth-order valence-electron chi connectivity index (χ4n) is 3.36. The number of fused-ring (bicyclic) bond motifs is 1. The summed E-state index contributed by atoms with van der Waals surface area (Å²) in [6.07, 6.45) is 0. The third kappa shape index (κ3) is 4.97. The summed E-state index contributed by atoms with van der Waals surface area (Å²) in [5.74, 6) is 0.515. The van der Waals surface area contributed by atoms with Crippen LogP contribution in [0.4, 0.5) is 5.69 Å². The average Bonchev–Trinajstić information content (AvgIpc) is 3.18. The van der Waals surface area contributed by atoms with Gasteiger partial charge in [0.25, 0.3) is 5.91 Å². The zero-order valence-electron chi connectivity index (χ0n) is 17.8. The molecule has 0 radical (unpaired) electrons. The van der Waals surface area contributed by atoms with Gasteiger partial charge in [-0.1, -0.05) is 60.3 Å². The third-order valence-electron chi connectivity index (χ3n) is 5.01. The van der Waals surface area contributed by atoms with Crippen LogP contribution >= 0.6 is 11.8 Å². The Morgan fingerprint density at radius 3 is 2.47 bits per heavy atom. The molecule has 0 unspecified atom stereocenters. The molecule has 2 N–H and O–H groups in total. The van der Waals surface area contributed by atoms with Crippen LogP contribution in [0.1, 0.15) is 29.1 Å². The van der Waals surface area contributed by atoms with E-state index in [0.717, 1.165) is 16.5 Å². The number of hydrogen-bond donors (Lipinski definition) is 2. The number of rotatable bonds is 7. The molecule has 0 fully saturated rings. The molecule has 32 heavy (non-hydrogen) atoms. The molecule has 1 aromatic heterocycles. The maximum Gasteiger partial charge on any atom is 0.251 e. The lowest BCUT2D eigenvalue weighted by molar-refractivity contribution is -0.113. The van der Waals surface area contributed by atoms with Crippen molar-refractivity contribution in [2.45, 2.75) is 18.1 Å². The number of amides is 2. The summed E-state index contributed by atoms with van der Waals surface area (Å²) in [5.41, 5.74) is 1.34. The minimum atomic E-state index is -0.332. The van der Waals surface area contributed by atoms with Gasteiger partial charge >= 0.3 is 0 Å². The van der Waals surface area contributed by atoms with Crippen LogP contribution in [0.15, 0.2) is 78.0 Å². The first-order valence-corrected chi connectivity index (χ1v) is 11.2. The van der Waals surface area contributed by atoms with E-state index in [1.165, 1.54) is 11.8 Å². The highest BCUT2D eigenvalue weighted by Gasteiger charge is 2.19. The highest BCUT2D eigenvalue weighted by Crippen LogP contribution is 2.21. The molecule has 3 aromatic carbocycles. The summed E-state index contributed by atoms with van der Waals surface area (Å²) >= 11 is 1.30. The highest BCUT2D eigenvalue weighted by molar-refractivity contribution is 7.99. The van der Waals surface area contributed by atoms with Crippen LogP contribution in [0, 0.1) is 0 Å². The van der Waals surface area contributed by atoms with Crippen molar-refractivity contribution in [1.29, 1.82) is 0 Å². The first-order chi connectivity index (χ1) is 15.5. The molecule has 0 aliphatic rings. The molecule has 8 heteroatoms. The Hall–Kier alpha value is -3.65. The summed E-state index contributed by atoms with van der Waals surface area (Å²) < 4.78 is 1.80. The van der Waals surface area contributed by atoms with E-state index < -0.39 is 0 Å². The Balaban J connectivity index is 1.34. The molecule has 1 atom stereocenters. The second kappa shape index (κ2) is 9.65. The number of nitrogens with one attached hydrogen (secondary N) is 2. The molecule has 162 valence electrons. The Kier molecular flexibility index (Phi) is 6.51. The average molecular weight is 446 g/mol. The molecule has 0 aliphatic heterocycles. The fourth-order valence-corrected chi connectivity index (χ4v) is 4.08. The summed E-state index contributed by atoms with van der Waals surface area (Å²) in [7, 11) is 1.82. The van der Waals surface area contributed by atoms with Gasteiger partial charge in [-0.2, -0.15) is 0 Å². The smallest absolute Gasteiger partial charge is 0.251 e. The predicted molar refractivity (Wildman–Crippen MR) is 127 cm³/mol. The topological polar surface area (TPSA) is 88.9 Å². The summed E-state index contributed by atoms with van der Waals surface area (Å²) in [6, 6.07) is 22.5. The van der Waals surface area contributed by atoms with E-state index >= 15 is 0 Å². The summed E-state index contributed by atoms with van der Waals surface area (Å²) in [6.45, 7) is 1.85. The van der Waals surface area contributed by atoms with Crippen molar-refractivity contribution in [3.8, 4) is 0 Å². The van der Waals surface area contributed by atoms with Crippen LogP contribution in [0.2, 0.25) is 0 Å². The Labute approximate surface area is 190 Å². The molecule has 0 aliphatic carbocycles. The van der Waals surface area contributed by atoms with Gasteiger partial charge in [-0.3, -0.25) is 9.59 Å². The molecule has 0 spiro atoms. The zero-order valence-corrected chi connectivity index (χ0v) is 18.6. The first kappa shape index (κ1) is 21.6. The van der Waals surface area contributed by atoms with Gasteiger partial charge in [0.05, 0.1) is 11.8 Å². The van der Waals surface area contributed by atoms with Crippen molar-refractivity contribution in [2.75, 3.05) is 11.1 Å². The minimum Gasteiger partial charge on any atom is -0.342 e. The number of carbonyl (C=O) groups excluding carboxylic acids is 2. The van der Waals surface area contributed by atoms with Crippen LogP contribution in [0.25, 0.3) is 10.8 Å². The lowest BCUT2D eigenvalue weighted by Crippen LogP contribution is -2.28. The van der Waals surface area contributed by atoms with Crippen molar-refractivity contribution in [3.05, 3.63) is 84.2 Å². The van der Waals surface area contributed by atoms with E-state index in [4.69, 9.17) is 0 Å². The van der Waals surface area contributed by atoms with Crippen molar-refractivity contribution in [3.63, 3.8) is 0 Å². The standard InChI is InChI=1S/C24H23N5O2S/c1-16(25-23(31)18-9-4-3-5-10-18)22-27-28-24(29(22)2)32-15-21(30)26-20-13-12-17-8-6-7-11-19(17)14-20/h3-14,16H,15H2,1-2H3,(H,25,31)(H,26,30)/t16-/m0/s1. The predicted octanol–water partition coefficient (Wildman–Crippen LogP) is 4.19. The van der Waals surface area contributed by atoms with E-state index in [0.29, 0.717) is 16.5 Å². The van der Waals surface area contributed by atoms with Gasteiger partial charge in [-0.25, -0.2) is 0 Å². The first-order valence-electron chi connectivity index (χ1n) is 10.2. The molecule has 4 aromatic rings. The summed E-state index contributed by atoms with van der Waals surface area (Å²) in [4.78, 5) is 24.8. The lowest BCUT2D eigenvalue weighted by Gasteiger charge is -2.13. The molecule has 1 heterocycles. The molecule has 0 bridgehead atoms. The van der Waals surface area contributed by atoms with Gasteiger partial charge in [0.15, 0.2) is 11.0 Å². The number of anilines is 1. The molecule has 0 saturated heterocycles. The van der Waals surface area contributed by atoms with Gasteiger partial charge in [0.1, 0.15) is 0 Å². The normalized spacial score (nSPS) is 11.8. The lowest BCUT2D eigenvalue weighted by atomic mass is 10.1. The van der Waals surface area contributed by atoms with E-state index in [2.05, 4.69) is 20.8 Å². The Morgan fingerprint density at radius 1 is 0.969 bits per heavy atom. The Morgan fingerprint density at radius 2 is 1.69 bits per heavy atom. The minimum absolute atomic E-state index is 0.125. The van der Waals surface area contributed by atoms with Gasteiger partial charge in [0.2, 0.25) is 5.91 Å². The second-order valence-corrected chi connectivity index (χ2v) is 8.30. The highest BCUT2D eigenvalue weighted by atomic mass is 32.2. The van der Waals surface area contributed by atoms with Crippen molar-refractivity contribution in [1.82, 2.24) is 20.1 Å². The van der Waals surface area contributed by atoms with Crippen molar-refractivity contribution in [2.24, 2.45) is 7.05 Å². The van der Waals surface area contributed by atoms with Crippen molar-refractivity contribution < 1.29 is 9.59 Å². The molecular weight excluding hydrogens is 422 g/mol. The van der Waals surface area contributed by atoms with Gasteiger partial charge in [0, 0.05) is 18.3 Å². The van der Waals surface area contributed by atoms with E-state index in [1.54, 1.807) is 16.7 Å². The van der Waals surface area contributed by atoms with Crippen LogP contribution in [-0.2, 0) is 11.8 Å². The van der Waals surface area contributed by atoms with E-state index in [9.17, 15) is 9.59 Å². The van der Waals surface area contributed by atoms with Crippen molar-refractivity contribution >= 4 is 40.0 Å². The largest absolute Gasteiger partial charge is 0.342 e. The number of nitrogens with zero attached hydrogens (tertiary/aromatic N) is 3. The third-order valence-corrected chi connectivity index (χ3v) is 6.03.